The number of aliphatic imine (C=N–C) groups is 1. The zero-order valence-corrected chi connectivity index (χ0v) is 20.8. The molecule has 7 nitrogen and oxygen atoms in total. The molecule has 2 aromatic rings. The molecule has 0 aliphatic carbocycles. The largest absolute Gasteiger partial charge is 0.383 e. The Morgan fingerprint density at radius 1 is 1.23 bits per heavy atom. The second-order valence-electron chi connectivity index (χ2n) is 7.65. The Morgan fingerprint density at radius 3 is 2.60 bits per heavy atom. The Labute approximate surface area is 197 Å². The van der Waals surface area contributed by atoms with E-state index in [1.807, 2.05) is 18.7 Å². The van der Waals surface area contributed by atoms with Crippen molar-refractivity contribution in [2.75, 3.05) is 40.4 Å². The molecule has 0 bridgehead atoms. The average molecular weight is 526 g/mol. The maximum absolute atomic E-state index is 5.19. The van der Waals surface area contributed by atoms with E-state index in [9.17, 15) is 0 Å². The van der Waals surface area contributed by atoms with Crippen molar-refractivity contribution in [3.05, 3.63) is 47.3 Å². The highest BCUT2D eigenvalue weighted by Crippen LogP contribution is 2.17. The number of nitrogens with zero attached hydrogens (tertiary/aromatic N) is 4. The maximum Gasteiger partial charge on any atom is 0.191 e. The van der Waals surface area contributed by atoms with Crippen LogP contribution in [0.3, 0.4) is 0 Å². The second-order valence-corrected chi connectivity index (χ2v) is 7.65. The van der Waals surface area contributed by atoms with Gasteiger partial charge in [-0.3, -0.25) is 4.99 Å². The molecule has 1 fully saturated rings. The lowest BCUT2D eigenvalue weighted by molar-refractivity contribution is 0.128. The van der Waals surface area contributed by atoms with Crippen molar-refractivity contribution in [1.29, 1.82) is 0 Å². The van der Waals surface area contributed by atoms with E-state index < -0.39 is 0 Å². The van der Waals surface area contributed by atoms with Crippen LogP contribution in [-0.2, 0) is 11.3 Å². The molecule has 3 rings (SSSR count). The first-order valence-corrected chi connectivity index (χ1v) is 10.4. The third kappa shape index (κ3) is 6.68. The van der Waals surface area contributed by atoms with Crippen LogP contribution in [0.1, 0.15) is 29.8 Å². The van der Waals surface area contributed by atoms with Gasteiger partial charge in [0.25, 0.3) is 0 Å². The van der Waals surface area contributed by atoms with Crippen molar-refractivity contribution in [2.24, 2.45) is 4.99 Å². The summed E-state index contributed by atoms with van der Waals surface area (Å²) in [7, 11) is 3.59. The highest BCUT2D eigenvalue weighted by Gasteiger charge is 2.19. The smallest absolute Gasteiger partial charge is 0.191 e. The normalized spacial score (nSPS) is 15.7. The molecule has 166 valence electrons. The lowest BCUT2D eigenvalue weighted by Crippen LogP contribution is -2.48. The monoisotopic (exact) mass is 526 g/mol. The molecule has 0 unspecified atom stereocenters. The number of para-hydroxylation sites is 1. The molecule has 1 saturated heterocycles. The molecule has 1 aliphatic heterocycles. The van der Waals surface area contributed by atoms with Crippen LogP contribution in [0.4, 0.5) is 0 Å². The molecule has 0 saturated carbocycles. The molecule has 0 spiro atoms. The number of likely N-dealkylation sites (tertiary alicyclic amines) is 1. The first kappa shape index (κ1) is 24.6. The number of benzene rings is 1. The number of halogens is 1. The number of methoxy groups -OCH3 is 1. The molecule has 2 heterocycles. The van der Waals surface area contributed by atoms with Crippen LogP contribution in [0.25, 0.3) is 5.69 Å². The maximum atomic E-state index is 5.19. The minimum absolute atomic E-state index is 0. The predicted octanol–water partition coefficient (Wildman–Crippen LogP) is 2.88. The Bertz CT molecular complexity index is 814. The molecule has 2 N–H and O–H groups in total. The number of piperidine rings is 1. The Kier molecular flexibility index (Phi) is 10.1. The van der Waals surface area contributed by atoms with Gasteiger partial charge in [0.05, 0.1) is 18.0 Å². The first-order valence-electron chi connectivity index (χ1n) is 10.4. The van der Waals surface area contributed by atoms with Crippen molar-refractivity contribution in [1.82, 2.24) is 25.3 Å². The number of hydrogen-bond donors (Lipinski definition) is 2. The van der Waals surface area contributed by atoms with Crippen LogP contribution in [0.2, 0.25) is 0 Å². The molecular formula is C22H35IN6O. The van der Waals surface area contributed by atoms with Gasteiger partial charge in [-0.1, -0.05) is 18.2 Å². The van der Waals surface area contributed by atoms with Gasteiger partial charge >= 0.3 is 0 Å². The van der Waals surface area contributed by atoms with E-state index >= 15 is 0 Å². The number of hydrogen-bond acceptors (Lipinski definition) is 4. The fraction of sp³-hybridized carbons (Fsp3) is 0.545. The van der Waals surface area contributed by atoms with Gasteiger partial charge in [-0.25, -0.2) is 4.68 Å². The van der Waals surface area contributed by atoms with Gasteiger partial charge in [-0.05, 0) is 44.4 Å². The van der Waals surface area contributed by atoms with E-state index in [2.05, 4.69) is 62.9 Å². The number of guanidine groups is 1. The van der Waals surface area contributed by atoms with Crippen molar-refractivity contribution in [2.45, 2.75) is 39.3 Å². The van der Waals surface area contributed by atoms with Crippen molar-refractivity contribution in [3.8, 4) is 5.69 Å². The van der Waals surface area contributed by atoms with E-state index in [1.54, 1.807) is 7.11 Å². The number of aromatic nitrogens is 2. The quantitative estimate of drug-likeness (QED) is 0.330. The molecule has 8 heteroatoms. The summed E-state index contributed by atoms with van der Waals surface area (Å²) in [5.74, 6) is 0.850. The standard InChI is InChI=1S/C22H34N6O.HI/c1-17-15-18(2)28(26-17)21-8-6-5-7-19(21)16-24-22(23-3)25-20-9-11-27(12-10-20)13-14-29-4;/h5-8,15,20H,9-14,16H2,1-4H3,(H2,23,24,25);1H. The zero-order chi connectivity index (χ0) is 20.6. The summed E-state index contributed by atoms with van der Waals surface area (Å²) in [5, 5.41) is 11.7. The van der Waals surface area contributed by atoms with Crippen LogP contribution >= 0.6 is 24.0 Å². The van der Waals surface area contributed by atoms with Crippen molar-refractivity contribution >= 4 is 29.9 Å². The van der Waals surface area contributed by atoms with Gasteiger partial charge in [0.1, 0.15) is 0 Å². The van der Waals surface area contributed by atoms with Crippen LogP contribution in [-0.4, -0.2) is 67.1 Å². The van der Waals surface area contributed by atoms with Gasteiger partial charge in [-0.2, -0.15) is 5.10 Å². The first-order chi connectivity index (χ1) is 14.1. The summed E-state index contributed by atoms with van der Waals surface area (Å²) in [4.78, 5) is 6.89. The second kappa shape index (κ2) is 12.3. The van der Waals surface area contributed by atoms with Gasteiger partial charge in [-0.15, -0.1) is 24.0 Å². The number of ether oxygens (including phenoxy) is 1. The summed E-state index contributed by atoms with van der Waals surface area (Å²) in [6.45, 7) is 8.81. The molecule has 1 aromatic heterocycles. The summed E-state index contributed by atoms with van der Waals surface area (Å²) in [6, 6.07) is 10.9. The SMILES string of the molecule is CN=C(NCc1ccccc1-n1nc(C)cc1C)NC1CCN(CCOC)CC1.I. The van der Waals surface area contributed by atoms with Crippen molar-refractivity contribution in [3.63, 3.8) is 0 Å². The number of nitrogens with one attached hydrogen (secondary N) is 2. The minimum atomic E-state index is 0. The van der Waals surface area contributed by atoms with Gasteiger partial charge in [0, 0.05) is 52.1 Å². The molecule has 0 atom stereocenters. The van der Waals surface area contributed by atoms with Gasteiger partial charge < -0.3 is 20.3 Å². The van der Waals surface area contributed by atoms with Gasteiger partial charge in [0.2, 0.25) is 0 Å². The van der Waals surface area contributed by atoms with Crippen molar-refractivity contribution < 1.29 is 4.74 Å². The van der Waals surface area contributed by atoms with Crippen LogP contribution in [0, 0.1) is 13.8 Å². The molecule has 1 aromatic carbocycles. The summed E-state index contributed by atoms with van der Waals surface area (Å²) in [6.07, 6.45) is 2.24. The lowest BCUT2D eigenvalue weighted by atomic mass is 10.1. The van der Waals surface area contributed by atoms with E-state index in [0.29, 0.717) is 12.6 Å². The minimum Gasteiger partial charge on any atom is -0.383 e. The number of aryl methyl sites for hydroxylation is 2. The lowest BCUT2D eigenvalue weighted by Gasteiger charge is -2.32. The zero-order valence-electron chi connectivity index (χ0n) is 18.5. The van der Waals surface area contributed by atoms with Crippen LogP contribution < -0.4 is 10.6 Å². The molecule has 0 radical (unpaired) electrons. The van der Waals surface area contributed by atoms with Gasteiger partial charge in [0.15, 0.2) is 5.96 Å². The molecule has 1 aliphatic rings. The Morgan fingerprint density at radius 2 is 1.97 bits per heavy atom. The molecule has 30 heavy (non-hydrogen) atoms. The summed E-state index contributed by atoms with van der Waals surface area (Å²) < 4.78 is 7.20. The number of rotatable bonds is 7. The van der Waals surface area contributed by atoms with E-state index in [-0.39, 0.29) is 24.0 Å². The third-order valence-electron chi connectivity index (χ3n) is 5.44. The summed E-state index contributed by atoms with van der Waals surface area (Å²) in [5.41, 5.74) is 4.46. The third-order valence-corrected chi connectivity index (χ3v) is 5.44. The Balaban J connectivity index is 0.00000320. The Hall–Kier alpha value is -1.65. The molecular weight excluding hydrogens is 491 g/mol. The fourth-order valence-electron chi connectivity index (χ4n) is 3.83. The van der Waals surface area contributed by atoms with E-state index in [1.165, 1.54) is 5.56 Å². The topological polar surface area (TPSA) is 66.7 Å². The van der Waals surface area contributed by atoms with E-state index in [4.69, 9.17) is 4.74 Å². The van der Waals surface area contributed by atoms with E-state index in [0.717, 1.165) is 62.1 Å². The average Bonchev–Trinajstić information content (AvgIpc) is 3.08. The summed E-state index contributed by atoms with van der Waals surface area (Å²) >= 11 is 0. The highest BCUT2D eigenvalue weighted by molar-refractivity contribution is 14.0. The fourth-order valence-corrected chi connectivity index (χ4v) is 3.83. The van der Waals surface area contributed by atoms with Crippen LogP contribution in [0.5, 0.6) is 0 Å². The highest BCUT2D eigenvalue weighted by atomic mass is 127. The predicted molar refractivity (Wildman–Crippen MR) is 133 cm³/mol. The van der Waals surface area contributed by atoms with Crippen LogP contribution in [0.15, 0.2) is 35.3 Å². The molecule has 0 amide bonds.